The summed E-state index contributed by atoms with van der Waals surface area (Å²) in [6.45, 7) is 0. The van der Waals surface area contributed by atoms with Gasteiger partial charge in [-0.3, -0.25) is 14.6 Å². The number of aromatic nitrogens is 3. The molecule has 0 atom stereocenters. The number of hydrazone groups is 1. The van der Waals surface area contributed by atoms with Crippen LogP contribution in [-0.2, 0) is 4.79 Å². The van der Waals surface area contributed by atoms with E-state index in [9.17, 15) is 19.5 Å². The number of nitrogens with zero attached hydrogens (tertiary/aromatic N) is 2. The summed E-state index contributed by atoms with van der Waals surface area (Å²) in [5.41, 5.74) is 1.28. The Labute approximate surface area is 148 Å². The first-order chi connectivity index (χ1) is 11.4. The van der Waals surface area contributed by atoms with Gasteiger partial charge in [0.25, 0.3) is 5.56 Å². The van der Waals surface area contributed by atoms with Crippen molar-refractivity contribution < 1.29 is 9.90 Å². The van der Waals surface area contributed by atoms with Crippen LogP contribution in [0.1, 0.15) is 5.56 Å². The predicted molar refractivity (Wildman–Crippen MR) is 90.1 cm³/mol. The van der Waals surface area contributed by atoms with Gasteiger partial charge in [0.2, 0.25) is 5.91 Å². The Bertz CT molecular complexity index is 888. The number of nitrogens with one attached hydrogen (secondary N) is 3. The molecule has 1 amide bonds. The van der Waals surface area contributed by atoms with Gasteiger partial charge in [-0.1, -0.05) is 35.0 Å². The molecule has 0 aliphatic rings. The van der Waals surface area contributed by atoms with Crippen LogP contribution < -0.4 is 16.7 Å². The summed E-state index contributed by atoms with van der Waals surface area (Å²) in [5, 5.41) is 18.7. The van der Waals surface area contributed by atoms with E-state index < -0.39 is 17.2 Å². The number of thioether (sulfide) groups is 1. The number of benzene rings is 1. The molecule has 0 saturated carbocycles. The second-order valence-corrected chi connectivity index (χ2v) is 6.01. The molecule has 2 aromatic rings. The molecule has 0 fully saturated rings. The van der Waals surface area contributed by atoms with E-state index in [0.29, 0.717) is 5.56 Å². The SMILES string of the molecule is O=C(CSc1n[nH]c(=O)[nH]c1=O)N/N=C/c1cc(Cl)c(O)c(Cl)c1. The molecule has 0 spiro atoms. The first kappa shape index (κ1) is 18.0. The summed E-state index contributed by atoms with van der Waals surface area (Å²) in [6.07, 6.45) is 1.28. The van der Waals surface area contributed by atoms with E-state index in [1.165, 1.54) is 18.3 Å². The first-order valence-corrected chi connectivity index (χ1v) is 7.92. The Morgan fingerprint density at radius 1 is 1.38 bits per heavy atom. The number of carbonyl (C=O) groups excluding carboxylic acids is 1. The van der Waals surface area contributed by atoms with Crippen molar-refractivity contribution in [3.8, 4) is 5.75 Å². The summed E-state index contributed by atoms with van der Waals surface area (Å²) in [6, 6.07) is 2.83. The van der Waals surface area contributed by atoms with Crippen molar-refractivity contribution >= 4 is 47.1 Å². The molecule has 1 aromatic carbocycles. The van der Waals surface area contributed by atoms with Crippen molar-refractivity contribution in [1.82, 2.24) is 20.6 Å². The van der Waals surface area contributed by atoms with Gasteiger partial charge in [-0.15, -0.1) is 0 Å². The Hall–Kier alpha value is -2.30. The second-order valence-electron chi connectivity index (χ2n) is 4.23. The lowest BCUT2D eigenvalue weighted by Gasteiger charge is -2.02. The summed E-state index contributed by atoms with van der Waals surface area (Å²) < 4.78 is 0. The van der Waals surface area contributed by atoms with Crippen LogP contribution >= 0.6 is 35.0 Å². The van der Waals surface area contributed by atoms with Gasteiger partial charge in [-0.25, -0.2) is 15.3 Å². The van der Waals surface area contributed by atoms with Crippen LogP contribution in [-0.4, -0.2) is 38.2 Å². The zero-order valence-electron chi connectivity index (χ0n) is 11.7. The molecule has 9 nitrogen and oxygen atoms in total. The molecule has 0 aliphatic heterocycles. The van der Waals surface area contributed by atoms with Crippen LogP contribution in [0.5, 0.6) is 5.75 Å². The quantitative estimate of drug-likeness (QED) is 0.337. The van der Waals surface area contributed by atoms with Crippen LogP contribution in [0.2, 0.25) is 10.0 Å². The maximum atomic E-state index is 11.6. The molecule has 4 N–H and O–H groups in total. The van der Waals surface area contributed by atoms with E-state index in [0.717, 1.165) is 11.8 Å². The van der Waals surface area contributed by atoms with Crippen molar-refractivity contribution in [3.63, 3.8) is 0 Å². The molecule has 1 heterocycles. The van der Waals surface area contributed by atoms with Crippen molar-refractivity contribution in [2.24, 2.45) is 5.10 Å². The summed E-state index contributed by atoms with van der Waals surface area (Å²) in [7, 11) is 0. The number of amides is 1. The third-order valence-corrected chi connectivity index (χ3v) is 4.00. The van der Waals surface area contributed by atoms with Crippen molar-refractivity contribution in [2.45, 2.75) is 5.03 Å². The normalized spacial score (nSPS) is 10.9. The molecular formula is C12H9Cl2N5O4S. The van der Waals surface area contributed by atoms with Gasteiger partial charge in [0, 0.05) is 0 Å². The minimum absolute atomic E-state index is 0.0502. The molecule has 0 bridgehead atoms. The van der Waals surface area contributed by atoms with Crippen LogP contribution in [0.4, 0.5) is 0 Å². The number of aromatic hydroxyl groups is 1. The number of phenols is 1. The average Bonchev–Trinajstić information content (AvgIpc) is 2.51. The highest BCUT2D eigenvalue weighted by Gasteiger charge is 2.08. The molecule has 2 rings (SSSR count). The standard InChI is InChI=1S/C12H9Cl2N5O4S/c13-6-1-5(2-7(14)9(6)21)3-15-17-8(20)4-24-11-10(22)16-12(23)19-18-11/h1-3,21H,4H2,(H,17,20)(H2,16,19,22,23)/b15-3+. The zero-order valence-corrected chi connectivity index (χ0v) is 14.0. The topological polar surface area (TPSA) is 140 Å². The van der Waals surface area contributed by atoms with Gasteiger partial charge < -0.3 is 5.11 Å². The second kappa shape index (κ2) is 7.99. The summed E-state index contributed by atoms with van der Waals surface area (Å²) >= 11 is 12.3. The fourth-order valence-electron chi connectivity index (χ4n) is 1.44. The number of halogens is 2. The van der Waals surface area contributed by atoms with Crippen LogP contribution in [0.3, 0.4) is 0 Å². The number of carbonyl (C=O) groups is 1. The number of aromatic amines is 2. The Morgan fingerprint density at radius 2 is 2.04 bits per heavy atom. The van der Waals surface area contributed by atoms with E-state index in [-0.39, 0.29) is 26.6 Å². The molecule has 0 saturated heterocycles. The highest BCUT2D eigenvalue weighted by Crippen LogP contribution is 2.32. The molecule has 0 radical (unpaired) electrons. The summed E-state index contributed by atoms with van der Waals surface area (Å²) in [5.74, 6) is -0.884. The van der Waals surface area contributed by atoms with Gasteiger partial charge >= 0.3 is 5.69 Å². The number of rotatable bonds is 5. The number of hydrogen-bond acceptors (Lipinski definition) is 7. The van der Waals surface area contributed by atoms with Crippen LogP contribution in [0.15, 0.2) is 31.8 Å². The molecule has 126 valence electrons. The third-order valence-electron chi connectivity index (χ3n) is 2.46. The Balaban J connectivity index is 1.91. The van der Waals surface area contributed by atoms with Gasteiger partial charge in [-0.05, 0) is 17.7 Å². The maximum absolute atomic E-state index is 11.6. The summed E-state index contributed by atoms with van der Waals surface area (Å²) in [4.78, 5) is 35.8. The third kappa shape index (κ3) is 4.85. The highest BCUT2D eigenvalue weighted by molar-refractivity contribution is 7.99. The van der Waals surface area contributed by atoms with E-state index in [1.807, 2.05) is 4.98 Å². The van der Waals surface area contributed by atoms with Crippen molar-refractivity contribution in [2.75, 3.05) is 5.75 Å². The van der Waals surface area contributed by atoms with E-state index >= 15 is 0 Å². The molecule has 0 aliphatic carbocycles. The van der Waals surface area contributed by atoms with E-state index in [2.05, 4.69) is 20.7 Å². The molecular weight excluding hydrogens is 381 g/mol. The maximum Gasteiger partial charge on any atom is 0.342 e. The highest BCUT2D eigenvalue weighted by atomic mass is 35.5. The Kier molecular flexibility index (Phi) is 6.01. The fourth-order valence-corrected chi connectivity index (χ4v) is 2.57. The number of phenolic OH excluding ortho intramolecular Hbond substituents is 1. The van der Waals surface area contributed by atoms with Crippen LogP contribution in [0.25, 0.3) is 0 Å². The van der Waals surface area contributed by atoms with Gasteiger partial charge in [0.15, 0.2) is 10.8 Å². The first-order valence-electron chi connectivity index (χ1n) is 6.18. The van der Waals surface area contributed by atoms with Gasteiger partial charge in [0.05, 0.1) is 22.0 Å². The molecule has 12 heteroatoms. The zero-order chi connectivity index (χ0) is 17.7. The lowest BCUT2D eigenvalue weighted by Crippen LogP contribution is -2.26. The monoisotopic (exact) mass is 389 g/mol. The fraction of sp³-hybridized carbons (Fsp3) is 0.0833. The van der Waals surface area contributed by atoms with Crippen LogP contribution in [0, 0.1) is 0 Å². The average molecular weight is 390 g/mol. The number of hydrogen-bond donors (Lipinski definition) is 4. The molecule has 0 unspecified atom stereocenters. The van der Waals surface area contributed by atoms with Crippen molar-refractivity contribution in [1.29, 1.82) is 0 Å². The Morgan fingerprint density at radius 3 is 2.67 bits per heavy atom. The minimum Gasteiger partial charge on any atom is -0.505 e. The van der Waals surface area contributed by atoms with Gasteiger partial charge in [-0.2, -0.15) is 10.2 Å². The lowest BCUT2D eigenvalue weighted by molar-refractivity contribution is -0.118. The molecule has 24 heavy (non-hydrogen) atoms. The smallest absolute Gasteiger partial charge is 0.342 e. The van der Waals surface area contributed by atoms with Crippen molar-refractivity contribution in [3.05, 3.63) is 48.6 Å². The van der Waals surface area contributed by atoms with E-state index in [4.69, 9.17) is 23.2 Å². The van der Waals surface area contributed by atoms with E-state index in [1.54, 1.807) is 0 Å². The van der Waals surface area contributed by atoms with Gasteiger partial charge in [0.1, 0.15) is 0 Å². The minimum atomic E-state index is -0.732. The number of H-pyrrole nitrogens is 2. The molecule has 1 aromatic heterocycles. The predicted octanol–water partition coefficient (Wildman–Crippen LogP) is 0.713. The lowest BCUT2D eigenvalue weighted by atomic mass is 10.2. The largest absolute Gasteiger partial charge is 0.505 e.